The first-order chi connectivity index (χ1) is 11.2. The number of aryl methyl sites for hydroxylation is 1. The van der Waals surface area contributed by atoms with Crippen LogP contribution in [0, 0.1) is 6.92 Å². The average molecular weight is 346 g/mol. The molecule has 0 heterocycles. The lowest BCUT2D eigenvalue weighted by atomic mass is 10.0. The Kier molecular flexibility index (Phi) is 5.41. The Labute approximate surface area is 143 Å². The Morgan fingerprint density at radius 1 is 1.17 bits per heavy atom. The molecule has 2 aromatic rings. The second-order valence-corrected chi connectivity index (χ2v) is 7.46. The summed E-state index contributed by atoms with van der Waals surface area (Å²) in [4.78, 5) is 14.2. The predicted molar refractivity (Wildman–Crippen MR) is 93.9 cm³/mol. The summed E-state index contributed by atoms with van der Waals surface area (Å²) in [5.41, 5.74) is 2.78. The molecule has 0 spiro atoms. The number of amides is 1. The molecule has 1 unspecified atom stereocenters. The number of hydrogen-bond acceptors (Lipinski definition) is 3. The fourth-order valence-electron chi connectivity index (χ4n) is 2.49. The maximum atomic E-state index is 12.5. The van der Waals surface area contributed by atoms with Crippen molar-refractivity contribution in [1.82, 2.24) is 4.90 Å². The van der Waals surface area contributed by atoms with Crippen LogP contribution in [0.5, 0.6) is 0 Å². The summed E-state index contributed by atoms with van der Waals surface area (Å²) < 4.78 is 23.0. The fourth-order valence-corrected chi connectivity index (χ4v) is 3.06. The average Bonchev–Trinajstić information content (AvgIpc) is 2.55. The molecule has 128 valence electrons. The van der Waals surface area contributed by atoms with Crippen molar-refractivity contribution in [2.45, 2.75) is 31.2 Å². The van der Waals surface area contributed by atoms with Gasteiger partial charge in [-0.15, -0.1) is 0 Å². The highest BCUT2D eigenvalue weighted by atomic mass is 32.2. The van der Waals surface area contributed by atoms with Gasteiger partial charge in [-0.2, -0.15) is 0 Å². The summed E-state index contributed by atoms with van der Waals surface area (Å²) in [6, 6.07) is 13.9. The first-order valence-electron chi connectivity index (χ1n) is 7.63. The van der Waals surface area contributed by atoms with Gasteiger partial charge in [-0.05, 0) is 42.7 Å². The molecular formula is C18H22N2O3S. The SMILES string of the molecule is Cc1ccccc1CC(=O)N(C)C(C)c1cccc(S(N)(=O)=O)c1. The van der Waals surface area contributed by atoms with Crippen LogP contribution in [-0.4, -0.2) is 26.3 Å². The molecule has 0 saturated heterocycles. The molecule has 2 aromatic carbocycles. The molecule has 2 N–H and O–H groups in total. The van der Waals surface area contributed by atoms with Gasteiger partial charge in [0.05, 0.1) is 17.4 Å². The number of benzene rings is 2. The first-order valence-corrected chi connectivity index (χ1v) is 9.17. The van der Waals surface area contributed by atoms with Gasteiger partial charge in [0.15, 0.2) is 0 Å². The molecule has 5 nitrogen and oxygen atoms in total. The lowest BCUT2D eigenvalue weighted by Gasteiger charge is -2.26. The minimum Gasteiger partial charge on any atom is -0.339 e. The van der Waals surface area contributed by atoms with Crippen LogP contribution in [0.1, 0.15) is 29.7 Å². The number of rotatable bonds is 5. The van der Waals surface area contributed by atoms with Crippen LogP contribution in [0.15, 0.2) is 53.4 Å². The molecule has 0 bridgehead atoms. The molecule has 1 atom stereocenters. The van der Waals surface area contributed by atoms with Gasteiger partial charge in [0.1, 0.15) is 0 Å². The van der Waals surface area contributed by atoms with Crippen molar-refractivity contribution < 1.29 is 13.2 Å². The summed E-state index contributed by atoms with van der Waals surface area (Å²) in [5.74, 6) is -0.0298. The van der Waals surface area contributed by atoms with Gasteiger partial charge >= 0.3 is 0 Å². The molecule has 2 rings (SSSR count). The second kappa shape index (κ2) is 7.15. The van der Waals surface area contributed by atoms with E-state index in [1.54, 1.807) is 24.1 Å². The van der Waals surface area contributed by atoms with Crippen molar-refractivity contribution in [1.29, 1.82) is 0 Å². The van der Waals surface area contributed by atoms with Crippen molar-refractivity contribution in [3.05, 3.63) is 65.2 Å². The molecule has 24 heavy (non-hydrogen) atoms. The van der Waals surface area contributed by atoms with E-state index < -0.39 is 10.0 Å². The van der Waals surface area contributed by atoms with Crippen molar-refractivity contribution in [2.24, 2.45) is 5.14 Å². The zero-order valence-corrected chi connectivity index (χ0v) is 14.9. The summed E-state index contributed by atoms with van der Waals surface area (Å²) in [6.07, 6.45) is 0.308. The van der Waals surface area contributed by atoms with Crippen LogP contribution in [0.4, 0.5) is 0 Å². The minimum absolute atomic E-state index is 0.0298. The van der Waals surface area contributed by atoms with Gasteiger partial charge < -0.3 is 4.90 Å². The first kappa shape index (κ1) is 18.2. The van der Waals surface area contributed by atoms with Gasteiger partial charge in [-0.1, -0.05) is 36.4 Å². The summed E-state index contributed by atoms with van der Waals surface area (Å²) in [6.45, 7) is 3.83. The van der Waals surface area contributed by atoms with E-state index in [-0.39, 0.29) is 16.8 Å². The third kappa shape index (κ3) is 4.21. The number of likely N-dealkylation sites (N-methyl/N-ethyl adjacent to an activating group) is 1. The highest BCUT2D eigenvalue weighted by molar-refractivity contribution is 7.89. The largest absolute Gasteiger partial charge is 0.339 e. The number of nitrogens with two attached hydrogens (primary N) is 1. The van der Waals surface area contributed by atoms with Gasteiger partial charge in [-0.25, -0.2) is 13.6 Å². The Hall–Kier alpha value is -2.18. The molecule has 0 radical (unpaired) electrons. The minimum atomic E-state index is -3.76. The van der Waals surface area contributed by atoms with E-state index in [9.17, 15) is 13.2 Å². The predicted octanol–water partition coefficient (Wildman–Crippen LogP) is 2.40. The lowest BCUT2D eigenvalue weighted by molar-refractivity contribution is -0.131. The Morgan fingerprint density at radius 2 is 1.83 bits per heavy atom. The number of carbonyl (C=O) groups is 1. The van der Waals surface area contributed by atoms with E-state index in [4.69, 9.17) is 5.14 Å². The molecule has 6 heteroatoms. The molecule has 0 aliphatic carbocycles. The molecule has 1 amide bonds. The van der Waals surface area contributed by atoms with E-state index in [2.05, 4.69) is 0 Å². The van der Waals surface area contributed by atoms with Gasteiger partial charge in [0.2, 0.25) is 15.9 Å². The second-order valence-electron chi connectivity index (χ2n) is 5.90. The molecule has 0 saturated carbocycles. The number of primary sulfonamides is 1. The maximum absolute atomic E-state index is 12.5. The highest BCUT2D eigenvalue weighted by Gasteiger charge is 2.19. The molecule has 0 aromatic heterocycles. The third-order valence-corrected chi connectivity index (χ3v) is 5.16. The highest BCUT2D eigenvalue weighted by Crippen LogP contribution is 2.22. The number of carbonyl (C=O) groups excluding carboxylic acids is 1. The number of nitrogens with zero attached hydrogens (tertiary/aromatic N) is 1. The van der Waals surface area contributed by atoms with Gasteiger partial charge in [0, 0.05) is 7.05 Å². The Morgan fingerprint density at radius 3 is 2.46 bits per heavy atom. The van der Waals surface area contributed by atoms with E-state index in [0.717, 1.165) is 16.7 Å². The van der Waals surface area contributed by atoms with Crippen molar-refractivity contribution in [2.75, 3.05) is 7.05 Å². The van der Waals surface area contributed by atoms with E-state index in [1.807, 2.05) is 38.1 Å². The molecule has 0 aliphatic rings. The standard InChI is InChI=1S/C18H22N2O3S/c1-13-7-4-5-8-15(13)12-18(21)20(3)14(2)16-9-6-10-17(11-16)24(19,22)23/h4-11,14H,12H2,1-3H3,(H2,19,22,23). The van der Waals surface area contributed by atoms with Crippen molar-refractivity contribution in [3.8, 4) is 0 Å². The van der Waals surface area contributed by atoms with Crippen molar-refractivity contribution >= 4 is 15.9 Å². The summed E-state index contributed by atoms with van der Waals surface area (Å²) in [5, 5.41) is 5.17. The van der Waals surface area contributed by atoms with Crippen LogP contribution >= 0.6 is 0 Å². The molecular weight excluding hydrogens is 324 g/mol. The van der Waals surface area contributed by atoms with Crippen LogP contribution in [0.25, 0.3) is 0 Å². The third-order valence-electron chi connectivity index (χ3n) is 4.25. The van der Waals surface area contributed by atoms with Gasteiger partial charge in [-0.3, -0.25) is 4.79 Å². The zero-order chi connectivity index (χ0) is 17.9. The topological polar surface area (TPSA) is 80.5 Å². The lowest BCUT2D eigenvalue weighted by Crippen LogP contribution is -2.31. The Bertz CT molecular complexity index is 847. The number of sulfonamides is 1. The van der Waals surface area contributed by atoms with Crippen LogP contribution in [0.2, 0.25) is 0 Å². The number of hydrogen-bond donors (Lipinski definition) is 1. The smallest absolute Gasteiger partial charge is 0.238 e. The monoisotopic (exact) mass is 346 g/mol. The van der Waals surface area contributed by atoms with Gasteiger partial charge in [0.25, 0.3) is 0 Å². The maximum Gasteiger partial charge on any atom is 0.238 e. The van der Waals surface area contributed by atoms with E-state index in [1.165, 1.54) is 12.1 Å². The summed E-state index contributed by atoms with van der Waals surface area (Å²) in [7, 11) is -2.05. The van der Waals surface area contributed by atoms with Crippen LogP contribution in [0.3, 0.4) is 0 Å². The fraction of sp³-hybridized carbons (Fsp3) is 0.278. The zero-order valence-electron chi connectivity index (χ0n) is 14.1. The van der Waals surface area contributed by atoms with Crippen LogP contribution in [-0.2, 0) is 21.2 Å². The quantitative estimate of drug-likeness (QED) is 0.903. The van der Waals surface area contributed by atoms with Crippen molar-refractivity contribution in [3.63, 3.8) is 0 Å². The molecule has 0 fully saturated rings. The Balaban J connectivity index is 2.19. The van der Waals surface area contributed by atoms with E-state index in [0.29, 0.717) is 6.42 Å². The molecule has 0 aliphatic heterocycles. The summed E-state index contributed by atoms with van der Waals surface area (Å²) >= 11 is 0. The normalized spacial score (nSPS) is 12.7. The van der Waals surface area contributed by atoms with E-state index >= 15 is 0 Å². The van der Waals surface area contributed by atoms with Crippen LogP contribution < -0.4 is 5.14 Å².